The van der Waals surface area contributed by atoms with Gasteiger partial charge in [-0.3, -0.25) is 9.78 Å². The summed E-state index contributed by atoms with van der Waals surface area (Å²) in [5.41, 5.74) is -0.994. The second-order valence-corrected chi connectivity index (χ2v) is 3.93. The number of aromatic nitrogens is 1. The van der Waals surface area contributed by atoms with E-state index in [4.69, 9.17) is 10.4 Å². The summed E-state index contributed by atoms with van der Waals surface area (Å²) in [5, 5.41) is 20.2. The van der Waals surface area contributed by atoms with E-state index in [9.17, 15) is 14.0 Å². The second kappa shape index (κ2) is 5.79. The van der Waals surface area contributed by atoms with Gasteiger partial charge in [0.2, 0.25) is 0 Å². The summed E-state index contributed by atoms with van der Waals surface area (Å²) in [6, 6.07) is 7.97. The molecule has 0 saturated heterocycles. The van der Waals surface area contributed by atoms with Gasteiger partial charge in [-0.25, -0.2) is 9.18 Å². The number of nitriles is 1. The van der Waals surface area contributed by atoms with Crippen LogP contribution in [0.5, 0.6) is 0 Å². The van der Waals surface area contributed by atoms with E-state index in [1.165, 1.54) is 30.5 Å². The van der Waals surface area contributed by atoms with Crippen LogP contribution in [0.1, 0.15) is 26.4 Å². The third kappa shape index (κ3) is 2.84. The summed E-state index contributed by atoms with van der Waals surface area (Å²) < 4.78 is 13.4. The van der Waals surface area contributed by atoms with Gasteiger partial charge in [0.1, 0.15) is 23.1 Å². The summed E-state index contributed by atoms with van der Waals surface area (Å²) in [7, 11) is 0. The first-order valence-electron chi connectivity index (χ1n) is 5.73. The number of carboxylic acid groups (broad SMARTS) is 1. The molecular weight excluding hydrogens is 277 g/mol. The number of hydrogen-bond acceptors (Lipinski definition) is 4. The molecule has 0 radical (unpaired) electrons. The molecule has 0 atom stereocenters. The Hall–Kier alpha value is -3.27. The zero-order valence-corrected chi connectivity index (χ0v) is 10.5. The Kier molecular flexibility index (Phi) is 3.90. The molecule has 2 rings (SSSR count). The Morgan fingerprint density at radius 1 is 1.29 bits per heavy atom. The van der Waals surface area contributed by atoms with E-state index in [1.807, 2.05) is 0 Å². The van der Waals surface area contributed by atoms with Crippen LogP contribution in [0.4, 0.5) is 10.1 Å². The maximum absolute atomic E-state index is 13.4. The van der Waals surface area contributed by atoms with Crippen LogP contribution in [-0.4, -0.2) is 22.0 Å². The molecule has 0 aliphatic rings. The van der Waals surface area contributed by atoms with Gasteiger partial charge in [-0.1, -0.05) is 6.07 Å². The molecule has 21 heavy (non-hydrogen) atoms. The number of carboxylic acids is 1. The average molecular weight is 285 g/mol. The molecule has 0 bridgehead atoms. The lowest BCUT2D eigenvalue weighted by atomic mass is 10.1. The van der Waals surface area contributed by atoms with Gasteiger partial charge in [0.25, 0.3) is 5.91 Å². The minimum absolute atomic E-state index is 0.0514. The number of nitrogens with zero attached hydrogens (tertiary/aromatic N) is 2. The van der Waals surface area contributed by atoms with Gasteiger partial charge in [-0.05, 0) is 24.3 Å². The van der Waals surface area contributed by atoms with Crippen molar-refractivity contribution >= 4 is 17.6 Å². The van der Waals surface area contributed by atoms with Crippen LogP contribution in [0.3, 0.4) is 0 Å². The predicted molar refractivity (Wildman–Crippen MR) is 70.3 cm³/mol. The molecule has 0 aliphatic carbocycles. The molecule has 2 N–H and O–H groups in total. The minimum atomic E-state index is -1.31. The van der Waals surface area contributed by atoms with Crippen molar-refractivity contribution in [1.82, 2.24) is 4.98 Å². The topological polar surface area (TPSA) is 103 Å². The van der Waals surface area contributed by atoms with Gasteiger partial charge in [0.05, 0.1) is 11.3 Å². The van der Waals surface area contributed by atoms with Crippen molar-refractivity contribution < 1.29 is 19.1 Å². The smallest absolute Gasteiger partial charge is 0.338 e. The van der Waals surface area contributed by atoms with E-state index in [2.05, 4.69) is 10.3 Å². The number of rotatable bonds is 3. The minimum Gasteiger partial charge on any atom is -0.478 e. The third-order valence-electron chi connectivity index (χ3n) is 2.63. The van der Waals surface area contributed by atoms with Crippen molar-refractivity contribution in [3.63, 3.8) is 0 Å². The first kappa shape index (κ1) is 14.1. The van der Waals surface area contributed by atoms with E-state index >= 15 is 0 Å². The zero-order chi connectivity index (χ0) is 15.4. The van der Waals surface area contributed by atoms with Gasteiger partial charge in [0, 0.05) is 6.20 Å². The lowest BCUT2D eigenvalue weighted by Gasteiger charge is -2.08. The SMILES string of the molecule is N#Cc1c(F)cccc1NC(=O)c1ncccc1C(=O)O. The number of pyridine rings is 1. The van der Waals surface area contributed by atoms with Crippen molar-refractivity contribution in [1.29, 1.82) is 5.26 Å². The molecule has 1 amide bonds. The van der Waals surface area contributed by atoms with Gasteiger partial charge in [-0.2, -0.15) is 5.26 Å². The van der Waals surface area contributed by atoms with E-state index in [-0.39, 0.29) is 22.5 Å². The van der Waals surface area contributed by atoms with Crippen molar-refractivity contribution in [2.45, 2.75) is 0 Å². The van der Waals surface area contributed by atoms with Crippen molar-refractivity contribution in [2.75, 3.05) is 5.32 Å². The molecule has 0 aliphatic heterocycles. The number of halogens is 1. The molecule has 104 valence electrons. The summed E-state index contributed by atoms with van der Waals surface area (Å²) in [4.78, 5) is 26.8. The molecule has 0 spiro atoms. The Morgan fingerprint density at radius 3 is 2.71 bits per heavy atom. The van der Waals surface area contributed by atoms with Crippen LogP contribution in [0.15, 0.2) is 36.5 Å². The van der Waals surface area contributed by atoms with E-state index in [0.29, 0.717) is 0 Å². The first-order valence-corrected chi connectivity index (χ1v) is 5.73. The number of aromatic carboxylic acids is 1. The third-order valence-corrected chi connectivity index (χ3v) is 2.63. The van der Waals surface area contributed by atoms with Gasteiger partial charge >= 0.3 is 5.97 Å². The largest absolute Gasteiger partial charge is 0.478 e. The first-order chi connectivity index (χ1) is 10.0. The van der Waals surface area contributed by atoms with Crippen LogP contribution in [0.2, 0.25) is 0 Å². The molecule has 1 aromatic heterocycles. The lowest BCUT2D eigenvalue weighted by Crippen LogP contribution is -2.19. The fourth-order valence-corrected chi connectivity index (χ4v) is 1.68. The zero-order valence-electron chi connectivity index (χ0n) is 10.5. The van der Waals surface area contributed by atoms with Crippen LogP contribution in [-0.2, 0) is 0 Å². The molecule has 1 aromatic carbocycles. The van der Waals surface area contributed by atoms with E-state index in [1.54, 1.807) is 6.07 Å². The number of carbonyl (C=O) groups excluding carboxylic acids is 1. The maximum atomic E-state index is 13.4. The highest BCUT2D eigenvalue weighted by Crippen LogP contribution is 2.19. The van der Waals surface area contributed by atoms with Crippen LogP contribution in [0.25, 0.3) is 0 Å². The number of benzene rings is 1. The Balaban J connectivity index is 2.38. The molecule has 6 nitrogen and oxygen atoms in total. The summed E-state index contributed by atoms with van der Waals surface area (Å²) in [5.74, 6) is -2.93. The normalized spacial score (nSPS) is 9.71. The lowest BCUT2D eigenvalue weighted by molar-refractivity contribution is 0.0691. The molecule has 2 aromatic rings. The predicted octanol–water partition coefficient (Wildman–Crippen LogP) is 2.04. The molecule has 0 unspecified atom stereocenters. The highest BCUT2D eigenvalue weighted by Gasteiger charge is 2.19. The summed E-state index contributed by atoms with van der Waals surface area (Å²) in [6.07, 6.45) is 1.26. The summed E-state index contributed by atoms with van der Waals surface area (Å²) in [6.45, 7) is 0. The Labute approximate surface area is 118 Å². The number of carbonyl (C=O) groups is 2. The van der Waals surface area contributed by atoms with E-state index < -0.39 is 17.7 Å². The molecule has 1 heterocycles. The van der Waals surface area contributed by atoms with E-state index in [0.717, 1.165) is 6.07 Å². The number of amides is 1. The van der Waals surface area contributed by atoms with Crippen LogP contribution in [0, 0.1) is 17.1 Å². The quantitative estimate of drug-likeness (QED) is 0.898. The second-order valence-electron chi connectivity index (χ2n) is 3.93. The number of nitrogens with one attached hydrogen (secondary N) is 1. The van der Waals surface area contributed by atoms with Crippen molar-refractivity contribution in [3.8, 4) is 6.07 Å². The van der Waals surface area contributed by atoms with Gasteiger partial charge in [0.15, 0.2) is 0 Å². The monoisotopic (exact) mass is 285 g/mol. The number of anilines is 1. The maximum Gasteiger partial charge on any atom is 0.338 e. The Morgan fingerprint density at radius 2 is 2.05 bits per heavy atom. The van der Waals surface area contributed by atoms with Crippen LogP contribution >= 0.6 is 0 Å². The molecule has 0 fully saturated rings. The fourth-order valence-electron chi connectivity index (χ4n) is 1.68. The van der Waals surface area contributed by atoms with Crippen LogP contribution < -0.4 is 5.32 Å². The molecule has 0 saturated carbocycles. The molecular formula is C14H8FN3O3. The van der Waals surface area contributed by atoms with Gasteiger partial charge in [-0.15, -0.1) is 0 Å². The fraction of sp³-hybridized carbons (Fsp3) is 0. The average Bonchev–Trinajstić information content (AvgIpc) is 2.47. The van der Waals surface area contributed by atoms with Gasteiger partial charge < -0.3 is 10.4 Å². The standard InChI is InChI=1S/C14H8FN3O3/c15-10-4-1-5-11(9(10)7-16)18-13(19)12-8(14(20)21)3-2-6-17-12/h1-6H,(H,18,19)(H,20,21). The van der Waals surface area contributed by atoms with Crippen molar-refractivity contribution in [2.24, 2.45) is 0 Å². The summed E-state index contributed by atoms with van der Waals surface area (Å²) >= 11 is 0. The highest BCUT2D eigenvalue weighted by molar-refractivity contribution is 6.09. The number of hydrogen-bond donors (Lipinski definition) is 2. The Bertz CT molecular complexity index is 768. The highest BCUT2D eigenvalue weighted by atomic mass is 19.1. The molecule has 7 heteroatoms. The van der Waals surface area contributed by atoms with Crippen molar-refractivity contribution in [3.05, 3.63) is 59.2 Å².